The van der Waals surface area contributed by atoms with Gasteiger partial charge in [-0.1, -0.05) is 36.9 Å². The summed E-state index contributed by atoms with van der Waals surface area (Å²) in [6.45, 7) is 8.25. The third-order valence-corrected chi connectivity index (χ3v) is 6.59. The maximum atomic E-state index is 13.5. The van der Waals surface area contributed by atoms with Crippen LogP contribution in [0, 0.1) is 0 Å². The van der Waals surface area contributed by atoms with Crippen molar-refractivity contribution in [3.63, 3.8) is 0 Å². The number of aromatic amines is 1. The summed E-state index contributed by atoms with van der Waals surface area (Å²) in [4.78, 5) is 41.7. The van der Waals surface area contributed by atoms with Crippen LogP contribution in [0.4, 0.5) is 16.3 Å². The van der Waals surface area contributed by atoms with Crippen LogP contribution in [0.1, 0.15) is 47.1 Å². The average molecular weight is 516 g/mol. The Morgan fingerprint density at radius 1 is 1.11 bits per heavy atom. The molecule has 0 saturated carbocycles. The van der Waals surface area contributed by atoms with Crippen LogP contribution in [-0.2, 0) is 16.9 Å². The predicted molar refractivity (Wildman–Crippen MR) is 147 cm³/mol. The van der Waals surface area contributed by atoms with Crippen molar-refractivity contribution < 1.29 is 14.4 Å². The number of urea groups is 1. The van der Waals surface area contributed by atoms with Crippen molar-refractivity contribution in [3.05, 3.63) is 89.6 Å². The highest BCUT2D eigenvalue weighted by molar-refractivity contribution is 6.05. The van der Waals surface area contributed by atoms with Gasteiger partial charge in [0.05, 0.1) is 23.8 Å². The largest absolute Gasteiger partial charge is 0.330 e. The Morgan fingerprint density at radius 2 is 1.79 bits per heavy atom. The molecule has 2 aromatic carbocycles. The number of carbonyl (C=O) groups is 3. The third-order valence-electron chi connectivity index (χ3n) is 6.59. The fourth-order valence-corrected chi connectivity index (χ4v) is 4.53. The van der Waals surface area contributed by atoms with Crippen molar-refractivity contribution in [1.82, 2.24) is 25.3 Å². The minimum absolute atomic E-state index is 0.190. The lowest BCUT2D eigenvalue weighted by Gasteiger charge is -2.34. The SMILES string of the molecule is C=CC(=O)Nc1ccc(C(=O)Nc2n[nH]c3c2CN(C(=O)N[C@@H](CN(C)C)c2ccccc2)C3(C)C)cc1. The van der Waals surface area contributed by atoms with E-state index in [1.807, 2.05) is 63.2 Å². The molecule has 0 radical (unpaired) electrons. The van der Waals surface area contributed by atoms with Gasteiger partial charge in [0, 0.05) is 23.4 Å². The predicted octanol–water partition coefficient (Wildman–Crippen LogP) is 3.85. The molecule has 0 bridgehead atoms. The van der Waals surface area contributed by atoms with Crippen LogP contribution in [0.15, 0.2) is 67.3 Å². The Balaban J connectivity index is 1.48. The summed E-state index contributed by atoms with van der Waals surface area (Å²) in [5, 5.41) is 16.0. The van der Waals surface area contributed by atoms with E-state index in [0.717, 1.165) is 16.8 Å². The summed E-state index contributed by atoms with van der Waals surface area (Å²) in [5.41, 5.74) is 2.85. The van der Waals surface area contributed by atoms with Gasteiger partial charge in [0.15, 0.2) is 5.82 Å². The van der Waals surface area contributed by atoms with Crippen LogP contribution in [0.25, 0.3) is 0 Å². The maximum Gasteiger partial charge on any atom is 0.319 e. The number of fused-ring (bicyclic) bond motifs is 1. The molecule has 0 spiro atoms. The van der Waals surface area contributed by atoms with Gasteiger partial charge < -0.3 is 25.8 Å². The molecule has 0 fully saturated rings. The van der Waals surface area contributed by atoms with Crippen LogP contribution in [0.3, 0.4) is 0 Å². The van der Waals surface area contributed by atoms with E-state index in [-0.39, 0.29) is 30.4 Å². The number of aromatic nitrogens is 2. The first-order chi connectivity index (χ1) is 18.1. The minimum atomic E-state index is -0.667. The van der Waals surface area contributed by atoms with Gasteiger partial charge in [-0.25, -0.2) is 4.79 Å². The summed E-state index contributed by atoms with van der Waals surface area (Å²) in [6, 6.07) is 16.0. The number of nitrogens with one attached hydrogen (secondary N) is 4. The lowest BCUT2D eigenvalue weighted by molar-refractivity contribution is -0.111. The Bertz CT molecular complexity index is 1330. The molecule has 198 valence electrons. The van der Waals surface area contributed by atoms with Crippen molar-refractivity contribution in [2.24, 2.45) is 0 Å². The number of nitrogens with zero attached hydrogens (tertiary/aromatic N) is 3. The van der Waals surface area contributed by atoms with E-state index in [9.17, 15) is 14.4 Å². The molecule has 1 aliphatic rings. The molecule has 2 heterocycles. The number of rotatable bonds is 8. The summed E-state index contributed by atoms with van der Waals surface area (Å²) in [6.07, 6.45) is 1.17. The number of amides is 4. The fourth-order valence-electron chi connectivity index (χ4n) is 4.53. The van der Waals surface area contributed by atoms with E-state index >= 15 is 0 Å². The van der Waals surface area contributed by atoms with Crippen molar-refractivity contribution >= 4 is 29.4 Å². The van der Waals surface area contributed by atoms with Gasteiger partial charge in [0.2, 0.25) is 5.91 Å². The topological polar surface area (TPSA) is 122 Å². The van der Waals surface area contributed by atoms with Gasteiger partial charge in [-0.2, -0.15) is 5.10 Å². The molecular formula is C28H33N7O3. The van der Waals surface area contributed by atoms with Crippen molar-refractivity contribution in [2.75, 3.05) is 31.3 Å². The lowest BCUT2D eigenvalue weighted by atomic mass is 10.0. The van der Waals surface area contributed by atoms with Crippen LogP contribution in [0.5, 0.6) is 0 Å². The Labute approximate surface area is 222 Å². The molecule has 38 heavy (non-hydrogen) atoms. The molecule has 4 rings (SSSR count). The number of benzene rings is 2. The van der Waals surface area contributed by atoms with Crippen LogP contribution >= 0.6 is 0 Å². The highest BCUT2D eigenvalue weighted by Gasteiger charge is 2.44. The van der Waals surface area contributed by atoms with Gasteiger partial charge in [0.1, 0.15) is 0 Å². The molecule has 10 heteroatoms. The highest BCUT2D eigenvalue weighted by atomic mass is 16.2. The zero-order valence-electron chi connectivity index (χ0n) is 22.0. The van der Waals surface area contributed by atoms with Gasteiger partial charge in [-0.15, -0.1) is 0 Å². The highest BCUT2D eigenvalue weighted by Crippen LogP contribution is 2.40. The van der Waals surface area contributed by atoms with Crippen LogP contribution in [-0.4, -0.2) is 58.5 Å². The zero-order chi connectivity index (χ0) is 27.4. The van der Waals surface area contributed by atoms with Crippen molar-refractivity contribution in [3.8, 4) is 0 Å². The number of carbonyl (C=O) groups excluding carboxylic acids is 3. The zero-order valence-corrected chi connectivity index (χ0v) is 22.0. The Kier molecular flexibility index (Phi) is 7.63. The van der Waals surface area contributed by atoms with Gasteiger partial charge in [-0.3, -0.25) is 14.7 Å². The van der Waals surface area contributed by atoms with Crippen LogP contribution < -0.4 is 16.0 Å². The number of H-pyrrole nitrogens is 1. The molecule has 10 nitrogen and oxygen atoms in total. The molecular weight excluding hydrogens is 482 g/mol. The average Bonchev–Trinajstić information content (AvgIpc) is 3.41. The van der Waals surface area contributed by atoms with Gasteiger partial charge in [0.25, 0.3) is 5.91 Å². The van der Waals surface area contributed by atoms with Gasteiger partial charge in [-0.05, 0) is 63.8 Å². The number of likely N-dealkylation sites (N-methyl/N-ethyl adjacent to an activating group) is 1. The van der Waals surface area contributed by atoms with E-state index in [4.69, 9.17) is 0 Å². The molecule has 1 aromatic heterocycles. The monoisotopic (exact) mass is 515 g/mol. The Hall–Kier alpha value is -4.44. The summed E-state index contributed by atoms with van der Waals surface area (Å²) in [5.74, 6) is -0.302. The normalized spacial score (nSPS) is 14.5. The number of hydrogen-bond donors (Lipinski definition) is 4. The van der Waals surface area contributed by atoms with E-state index in [0.29, 0.717) is 23.6 Å². The first-order valence-corrected chi connectivity index (χ1v) is 12.3. The lowest BCUT2D eigenvalue weighted by Crippen LogP contribution is -2.48. The molecule has 4 N–H and O–H groups in total. The molecule has 1 atom stereocenters. The van der Waals surface area contributed by atoms with E-state index in [2.05, 4.69) is 32.7 Å². The maximum absolute atomic E-state index is 13.5. The molecule has 3 aromatic rings. The van der Waals surface area contributed by atoms with Gasteiger partial charge >= 0.3 is 6.03 Å². The fraction of sp³-hybridized carbons (Fsp3) is 0.286. The first kappa shape index (κ1) is 26.6. The van der Waals surface area contributed by atoms with Crippen molar-refractivity contribution in [1.29, 1.82) is 0 Å². The van der Waals surface area contributed by atoms with E-state index in [1.54, 1.807) is 29.2 Å². The molecule has 0 aliphatic carbocycles. The molecule has 0 unspecified atom stereocenters. The third kappa shape index (κ3) is 5.60. The summed E-state index contributed by atoms with van der Waals surface area (Å²) < 4.78 is 0. The second-order valence-electron chi connectivity index (χ2n) is 9.97. The van der Waals surface area contributed by atoms with E-state index in [1.165, 1.54) is 6.08 Å². The standard InChI is InChI=1S/C28H33N7O3/c1-6-23(36)29-20-14-12-19(13-15-20)26(37)31-25-21-16-35(28(2,3)24(21)32-33-25)27(38)30-22(17-34(4)5)18-10-8-7-9-11-18/h6-15,22H,1,16-17H2,2-5H3,(H,29,36)(H,30,38)(H2,31,32,33,37)/t22-/m0/s1. The smallest absolute Gasteiger partial charge is 0.319 e. The number of anilines is 2. The van der Waals surface area contributed by atoms with E-state index < -0.39 is 5.54 Å². The second-order valence-corrected chi connectivity index (χ2v) is 9.97. The van der Waals surface area contributed by atoms with Crippen molar-refractivity contribution in [2.45, 2.75) is 32.0 Å². The Morgan fingerprint density at radius 3 is 2.42 bits per heavy atom. The summed E-state index contributed by atoms with van der Waals surface area (Å²) >= 11 is 0. The molecule has 4 amide bonds. The second kappa shape index (κ2) is 10.9. The first-order valence-electron chi connectivity index (χ1n) is 12.3. The molecule has 0 saturated heterocycles. The molecule has 1 aliphatic heterocycles. The summed E-state index contributed by atoms with van der Waals surface area (Å²) in [7, 11) is 3.94. The number of hydrogen-bond acceptors (Lipinski definition) is 5. The quantitative estimate of drug-likeness (QED) is 0.340. The van der Waals surface area contributed by atoms with Crippen LogP contribution in [0.2, 0.25) is 0 Å². The minimum Gasteiger partial charge on any atom is -0.330 e.